The average molecular weight is 235 g/mol. The van der Waals surface area contributed by atoms with Crippen LogP contribution < -0.4 is 5.32 Å². The molecule has 2 rings (SSSR count). The van der Waals surface area contributed by atoms with E-state index in [0.717, 1.165) is 18.9 Å². The van der Waals surface area contributed by atoms with Crippen LogP contribution in [0.15, 0.2) is 29.9 Å². The summed E-state index contributed by atoms with van der Waals surface area (Å²) in [6.45, 7) is 6.26. The molecule has 4 heteroatoms. The summed E-state index contributed by atoms with van der Waals surface area (Å²) in [7, 11) is 0. The molecule has 2 aromatic heterocycles. The van der Waals surface area contributed by atoms with Crippen molar-refractivity contribution in [3.8, 4) is 10.7 Å². The third-order valence-electron chi connectivity index (χ3n) is 2.36. The van der Waals surface area contributed by atoms with E-state index in [4.69, 9.17) is 0 Å². The summed E-state index contributed by atoms with van der Waals surface area (Å²) >= 11 is 1.73. The third-order valence-corrected chi connectivity index (χ3v) is 3.23. The van der Waals surface area contributed by atoms with Gasteiger partial charge < -0.3 is 9.88 Å². The molecule has 0 aliphatic rings. The fourth-order valence-corrected chi connectivity index (χ4v) is 2.33. The first kappa shape index (κ1) is 11.4. The summed E-state index contributed by atoms with van der Waals surface area (Å²) in [5.41, 5.74) is 0. The van der Waals surface area contributed by atoms with E-state index in [-0.39, 0.29) is 0 Å². The van der Waals surface area contributed by atoms with E-state index in [0.29, 0.717) is 6.04 Å². The van der Waals surface area contributed by atoms with Crippen molar-refractivity contribution in [1.29, 1.82) is 0 Å². The van der Waals surface area contributed by atoms with E-state index in [1.807, 2.05) is 12.4 Å². The number of hydrogen-bond donors (Lipinski definition) is 1. The minimum Gasteiger partial charge on any atom is -0.329 e. The van der Waals surface area contributed by atoms with E-state index in [1.54, 1.807) is 11.3 Å². The lowest BCUT2D eigenvalue weighted by Gasteiger charge is -2.10. The monoisotopic (exact) mass is 235 g/mol. The molecular weight excluding hydrogens is 218 g/mol. The molecule has 0 unspecified atom stereocenters. The summed E-state index contributed by atoms with van der Waals surface area (Å²) in [6, 6.07) is 4.71. The molecule has 0 radical (unpaired) electrons. The molecule has 0 fully saturated rings. The standard InChI is InChI=1S/C12H17N3S/c1-10(2)13-5-7-15-8-6-14-12(15)11-4-3-9-16-11/h3-4,6,8-10,13H,5,7H2,1-2H3. The van der Waals surface area contributed by atoms with Crippen molar-refractivity contribution < 1.29 is 0 Å². The Morgan fingerprint density at radius 2 is 2.38 bits per heavy atom. The first-order valence-electron chi connectivity index (χ1n) is 5.56. The van der Waals surface area contributed by atoms with Crippen molar-refractivity contribution in [1.82, 2.24) is 14.9 Å². The number of thiophene rings is 1. The van der Waals surface area contributed by atoms with Gasteiger partial charge in [0, 0.05) is 31.5 Å². The van der Waals surface area contributed by atoms with Crippen molar-refractivity contribution in [3.05, 3.63) is 29.9 Å². The van der Waals surface area contributed by atoms with Gasteiger partial charge in [0.15, 0.2) is 0 Å². The van der Waals surface area contributed by atoms with Crippen molar-refractivity contribution in [2.45, 2.75) is 26.4 Å². The molecule has 0 aliphatic heterocycles. The van der Waals surface area contributed by atoms with Gasteiger partial charge in [-0.25, -0.2) is 4.98 Å². The molecule has 0 saturated carbocycles. The third kappa shape index (κ3) is 2.71. The minimum atomic E-state index is 0.536. The molecule has 16 heavy (non-hydrogen) atoms. The Hall–Kier alpha value is -1.13. The van der Waals surface area contributed by atoms with Gasteiger partial charge in [-0.15, -0.1) is 11.3 Å². The molecular formula is C12H17N3S. The molecule has 0 aliphatic carbocycles. The van der Waals surface area contributed by atoms with Crippen LogP contribution in [-0.2, 0) is 6.54 Å². The van der Waals surface area contributed by atoms with Gasteiger partial charge in [-0.2, -0.15) is 0 Å². The summed E-state index contributed by atoms with van der Waals surface area (Å²) in [5, 5.41) is 5.50. The second-order valence-electron chi connectivity index (χ2n) is 4.03. The summed E-state index contributed by atoms with van der Waals surface area (Å²) in [6.07, 6.45) is 3.90. The fraction of sp³-hybridized carbons (Fsp3) is 0.417. The zero-order valence-electron chi connectivity index (χ0n) is 9.68. The normalized spacial score (nSPS) is 11.2. The Bertz CT molecular complexity index is 417. The predicted molar refractivity (Wildman–Crippen MR) is 68.7 cm³/mol. The van der Waals surface area contributed by atoms with Gasteiger partial charge in [0.25, 0.3) is 0 Å². The van der Waals surface area contributed by atoms with Gasteiger partial charge >= 0.3 is 0 Å². The molecule has 86 valence electrons. The van der Waals surface area contributed by atoms with Crippen molar-refractivity contribution in [3.63, 3.8) is 0 Å². The maximum absolute atomic E-state index is 4.40. The highest BCUT2D eigenvalue weighted by molar-refractivity contribution is 7.13. The summed E-state index contributed by atoms with van der Waals surface area (Å²) in [4.78, 5) is 5.63. The smallest absolute Gasteiger partial charge is 0.150 e. The van der Waals surface area contributed by atoms with Crippen molar-refractivity contribution >= 4 is 11.3 Å². The Kier molecular flexibility index (Phi) is 3.74. The molecule has 3 nitrogen and oxygen atoms in total. The largest absolute Gasteiger partial charge is 0.329 e. The van der Waals surface area contributed by atoms with Gasteiger partial charge in [-0.05, 0) is 11.4 Å². The number of imidazole rings is 1. The lowest BCUT2D eigenvalue weighted by Crippen LogP contribution is -2.26. The molecule has 0 spiro atoms. The summed E-state index contributed by atoms with van der Waals surface area (Å²) < 4.78 is 2.20. The minimum absolute atomic E-state index is 0.536. The van der Waals surface area contributed by atoms with Crippen LogP contribution in [0.1, 0.15) is 13.8 Å². The van der Waals surface area contributed by atoms with Crippen LogP contribution in [0.25, 0.3) is 10.7 Å². The molecule has 0 atom stereocenters. The van der Waals surface area contributed by atoms with Crippen LogP contribution in [-0.4, -0.2) is 22.1 Å². The van der Waals surface area contributed by atoms with Gasteiger partial charge in [0.05, 0.1) is 4.88 Å². The van der Waals surface area contributed by atoms with E-state index >= 15 is 0 Å². The number of nitrogens with zero attached hydrogens (tertiary/aromatic N) is 2. The van der Waals surface area contributed by atoms with Crippen LogP contribution in [0.5, 0.6) is 0 Å². The highest BCUT2D eigenvalue weighted by Crippen LogP contribution is 2.22. The van der Waals surface area contributed by atoms with Gasteiger partial charge in [0.2, 0.25) is 0 Å². The van der Waals surface area contributed by atoms with Crippen LogP contribution >= 0.6 is 11.3 Å². The molecule has 1 N–H and O–H groups in total. The highest BCUT2D eigenvalue weighted by Gasteiger charge is 2.06. The van der Waals surface area contributed by atoms with Gasteiger partial charge in [-0.1, -0.05) is 19.9 Å². The van der Waals surface area contributed by atoms with E-state index < -0.39 is 0 Å². The zero-order valence-corrected chi connectivity index (χ0v) is 10.5. The number of rotatable bonds is 5. The topological polar surface area (TPSA) is 29.9 Å². The fourth-order valence-electron chi connectivity index (χ4n) is 1.59. The second-order valence-corrected chi connectivity index (χ2v) is 4.98. The van der Waals surface area contributed by atoms with Crippen molar-refractivity contribution in [2.75, 3.05) is 6.54 Å². The number of nitrogens with one attached hydrogen (secondary N) is 1. The number of aromatic nitrogens is 2. The van der Waals surface area contributed by atoms with Crippen LogP contribution in [0, 0.1) is 0 Å². The maximum atomic E-state index is 4.40. The van der Waals surface area contributed by atoms with E-state index in [2.05, 4.69) is 46.2 Å². The molecule has 2 aromatic rings. The molecule has 0 saturated heterocycles. The van der Waals surface area contributed by atoms with Crippen LogP contribution in [0.2, 0.25) is 0 Å². The van der Waals surface area contributed by atoms with Gasteiger partial charge in [-0.3, -0.25) is 0 Å². The lowest BCUT2D eigenvalue weighted by molar-refractivity contribution is 0.543. The molecule has 0 bridgehead atoms. The maximum Gasteiger partial charge on any atom is 0.150 e. The van der Waals surface area contributed by atoms with Gasteiger partial charge in [0.1, 0.15) is 5.82 Å². The molecule has 2 heterocycles. The Morgan fingerprint density at radius 3 is 3.06 bits per heavy atom. The Balaban J connectivity index is 2.03. The molecule has 0 amide bonds. The zero-order chi connectivity index (χ0) is 11.4. The highest BCUT2D eigenvalue weighted by atomic mass is 32.1. The summed E-state index contributed by atoms with van der Waals surface area (Å²) in [5.74, 6) is 1.07. The van der Waals surface area contributed by atoms with Crippen LogP contribution in [0.3, 0.4) is 0 Å². The van der Waals surface area contributed by atoms with Crippen molar-refractivity contribution in [2.24, 2.45) is 0 Å². The second kappa shape index (κ2) is 5.27. The first-order chi connectivity index (χ1) is 7.77. The Morgan fingerprint density at radius 1 is 1.50 bits per heavy atom. The van der Waals surface area contributed by atoms with E-state index in [1.165, 1.54) is 4.88 Å². The van der Waals surface area contributed by atoms with E-state index in [9.17, 15) is 0 Å². The average Bonchev–Trinajstić information content (AvgIpc) is 2.84. The lowest BCUT2D eigenvalue weighted by atomic mass is 10.4. The first-order valence-corrected chi connectivity index (χ1v) is 6.43. The molecule has 0 aromatic carbocycles. The predicted octanol–water partition coefficient (Wildman–Crippen LogP) is 2.61. The SMILES string of the molecule is CC(C)NCCn1ccnc1-c1cccs1. The number of hydrogen-bond acceptors (Lipinski definition) is 3. The Labute approximate surface area is 100 Å². The van der Waals surface area contributed by atoms with Crippen LogP contribution in [0.4, 0.5) is 0 Å². The quantitative estimate of drug-likeness (QED) is 0.863.